The Morgan fingerprint density at radius 2 is 2.12 bits per heavy atom. The van der Waals surface area contributed by atoms with Crippen LogP contribution in [0.5, 0.6) is 0 Å². The van der Waals surface area contributed by atoms with Crippen LogP contribution in [0.3, 0.4) is 0 Å². The van der Waals surface area contributed by atoms with Crippen molar-refractivity contribution < 1.29 is 8.42 Å². The Morgan fingerprint density at radius 3 is 2.69 bits per heavy atom. The molecular formula is C11H16BrNO2S. The molecule has 0 radical (unpaired) electrons. The maximum absolute atomic E-state index is 11.9. The van der Waals surface area contributed by atoms with Crippen LogP contribution in [0, 0.1) is 0 Å². The van der Waals surface area contributed by atoms with E-state index >= 15 is 0 Å². The van der Waals surface area contributed by atoms with Gasteiger partial charge in [0.15, 0.2) is 0 Å². The van der Waals surface area contributed by atoms with Gasteiger partial charge in [-0.1, -0.05) is 35.3 Å². The van der Waals surface area contributed by atoms with Crippen LogP contribution in [0.2, 0.25) is 0 Å². The molecule has 0 unspecified atom stereocenters. The first-order chi connectivity index (χ1) is 7.45. The van der Waals surface area contributed by atoms with E-state index in [1.807, 2.05) is 13.8 Å². The smallest absolute Gasteiger partial charge is 0.208 e. The normalized spacial score (nSPS) is 13.7. The molecule has 1 N–H and O–H groups in total. The van der Waals surface area contributed by atoms with Gasteiger partial charge in [0.25, 0.3) is 0 Å². The van der Waals surface area contributed by atoms with Gasteiger partial charge in [0, 0.05) is 10.5 Å². The van der Waals surface area contributed by atoms with Gasteiger partial charge < -0.3 is 0 Å². The second-order valence-electron chi connectivity index (χ2n) is 3.77. The number of sulfonamides is 1. The van der Waals surface area contributed by atoms with Crippen LogP contribution in [-0.2, 0) is 10.0 Å². The summed E-state index contributed by atoms with van der Waals surface area (Å²) in [7, 11) is -3.38. The molecule has 0 saturated carbocycles. The summed E-state index contributed by atoms with van der Waals surface area (Å²) in [6.45, 7) is 3.91. The van der Waals surface area contributed by atoms with Gasteiger partial charge in [-0.25, -0.2) is 13.1 Å². The van der Waals surface area contributed by atoms with E-state index in [1.165, 1.54) is 0 Å². The third kappa shape index (κ3) is 3.88. The lowest BCUT2D eigenvalue weighted by molar-refractivity contribution is 0.544. The van der Waals surface area contributed by atoms with Gasteiger partial charge in [0.05, 0.1) is 4.90 Å². The number of hydrogen-bond donors (Lipinski definition) is 1. The maximum Gasteiger partial charge on any atom is 0.240 e. The van der Waals surface area contributed by atoms with Gasteiger partial charge >= 0.3 is 0 Å². The molecule has 0 bridgehead atoms. The number of rotatable bonds is 5. The predicted octanol–water partition coefficient (Wildman–Crippen LogP) is 2.92. The third-order valence-electron chi connectivity index (χ3n) is 2.18. The lowest BCUT2D eigenvalue weighted by Crippen LogP contribution is -2.32. The highest BCUT2D eigenvalue weighted by Crippen LogP contribution is 2.16. The summed E-state index contributed by atoms with van der Waals surface area (Å²) in [5.41, 5.74) is 0. The Morgan fingerprint density at radius 1 is 1.44 bits per heavy atom. The molecule has 3 nitrogen and oxygen atoms in total. The zero-order chi connectivity index (χ0) is 12.2. The fourth-order valence-electron chi connectivity index (χ4n) is 1.46. The minimum absolute atomic E-state index is 0.0334. The third-order valence-corrected chi connectivity index (χ3v) is 4.26. The molecule has 0 heterocycles. The second kappa shape index (κ2) is 5.80. The number of hydrogen-bond acceptors (Lipinski definition) is 2. The second-order valence-corrected chi connectivity index (χ2v) is 6.40. The first-order valence-electron chi connectivity index (χ1n) is 5.23. The highest BCUT2D eigenvalue weighted by Gasteiger charge is 2.16. The maximum atomic E-state index is 11.9. The Kier molecular flexibility index (Phi) is 4.95. The van der Waals surface area contributed by atoms with Crippen molar-refractivity contribution in [3.8, 4) is 0 Å². The van der Waals surface area contributed by atoms with Crippen LogP contribution in [-0.4, -0.2) is 14.5 Å². The molecule has 1 rings (SSSR count). The van der Waals surface area contributed by atoms with E-state index in [1.54, 1.807) is 24.3 Å². The average Bonchev–Trinajstić information content (AvgIpc) is 2.17. The molecule has 0 amide bonds. The molecule has 0 aliphatic heterocycles. The van der Waals surface area contributed by atoms with Gasteiger partial charge in [-0.05, 0) is 31.5 Å². The largest absolute Gasteiger partial charge is 0.240 e. The first-order valence-corrected chi connectivity index (χ1v) is 7.51. The molecule has 0 fully saturated rings. The van der Waals surface area contributed by atoms with Crippen LogP contribution in [0.4, 0.5) is 0 Å². The van der Waals surface area contributed by atoms with Gasteiger partial charge in [0.2, 0.25) is 10.0 Å². The van der Waals surface area contributed by atoms with E-state index in [0.717, 1.165) is 17.3 Å². The summed E-state index contributed by atoms with van der Waals surface area (Å²) in [4.78, 5) is 0.296. The molecule has 0 aromatic heterocycles. The van der Waals surface area contributed by atoms with E-state index in [-0.39, 0.29) is 6.04 Å². The summed E-state index contributed by atoms with van der Waals surface area (Å²) < 4.78 is 27.3. The highest BCUT2D eigenvalue weighted by atomic mass is 79.9. The zero-order valence-corrected chi connectivity index (χ0v) is 11.8. The summed E-state index contributed by atoms with van der Waals surface area (Å²) in [6.07, 6.45) is 1.80. The minimum Gasteiger partial charge on any atom is -0.208 e. The molecule has 1 atom stereocenters. The molecule has 0 spiro atoms. The highest BCUT2D eigenvalue weighted by molar-refractivity contribution is 9.10. The Bertz CT molecular complexity index is 445. The van der Waals surface area contributed by atoms with Crippen molar-refractivity contribution in [1.29, 1.82) is 0 Å². The van der Waals surface area contributed by atoms with Gasteiger partial charge in [-0.2, -0.15) is 0 Å². The van der Waals surface area contributed by atoms with Crippen molar-refractivity contribution in [1.82, 2.24) is 4.72 Å². The molecule has 0 aliphatic rings. The van der Waals surface area contributed by atoms with Gasteiger partial charge in [-0.3, -0.25) is 0 Å². The molecule has 0 saturated heterocycles. The van der Waals surface area contributed by atoms with E-state index in [9.17, 15) is 8.42 Å². The summed E-state index contributed by atoms with van der Waals surface area (Å²) in [6, 6.07) is 6.67. The van der Waals surface area contributed by atoms with Crippen molar-refractivity contribution in [3.05, 3.63) is 28.7 Å². The summed E-state index contributed by atoms with van der Waals surface area (Å²) in [5.74, 6) is 0. The lowest BCUT2D eigenvalue weighted by atomic mass is 10.2. The van der Waals surface area contributed by atoms with Crippen molar-refractivity contribution in [2.75, 3.05) is 0 Å². The van der Waals surface area contributed by atoms with Gasteiger partial charge in [0.1, 0.15) is 0 Å². The summed E-state index contributed by atoms with van der Waals surface area (Å²) in [5, 5.41) is 0. The van der Waals surface area contributed by atoms with E-state index in [2.05, 4.69) is 20.7 Å². The van der Waals surface area contributed by atoms with Crippen LogP contribution >= 0.6 is 15.9 Å². The first kappa shape index (κ1) is 13.7. The van der Waals surface area contributed by atoms with Crippen LogP contribution in [0.15, 0.2) is 33.6 Å². The molecule has 16 heavy (non-hydrogen) atoms. The number of nitrogens with one attached hydrogen (secondary N) is 1. The topological polar surface area (TPSA) is 46.2 Å². The van der Waals surface area contributed by atoms with Gasteiger partial charge in [-0.15, -0.1) is 0 Å². The standard InChI is InChI=1S/C11H16BrNO2S/c1-3-5-9(2)13-16(14,15)11-7-4-6-10(12)8-11/h4,6-9,13H,3,5H2,1-2H3/t9-/m1/s1. The zero-order valence-electron chi connectivity index (χ0n) is 9.40. The lowest BCUT2D eigenvalue weighted by Gasteiger charge is -2.13. The quantitative estimate of drug-likeness (QED) is 0.909. The van der Waals surface area contributed by atoms with Crippen LogP contribution < -0.4 is 4.72 Å². The van der Waals surface area contributed by atoms with E-state index < -0.39 is 10.0 Å². The number of halogens is 1. The van der Waals surface area contributed by atoms with Crippen molar-refractivity contribution in [2.24, 2.45) is 0 Å². The molecule has 1 aromatic rings. The van der Waals surface area contributed by atoms with Crippen molar-refractivity contribution in [2.45, 2.75) is 37.6 Å². The number of benzene rings is 1. The molecule has 1 aromatic carbocycles. The average molecular weight is 306 g/mol. The monoisotopic (exact) mass is 305 g/mol. The van der Waals surface area contributed by atoms with Crippen molar-refractivity contribution >= 4 is 26.0 Å². The SMILES string of the molecule is CCC[C@@H](C)NS(=O)(=O)c1cccc(Br)c1. The summed E-state index contributed by atoms with van der Waals surface area (Å²) >= 11 is 3.26. The predicted molar refractivity (Wildman–Crippen MR) is 68.8 cm³/mol. The molecular weight excluding hydrogens is 290 g/mol. The Balaban J connectivity index is 2.86. The Hall–Kier alpha value is -0.390. The van der Waals surface area contributed by atoms with E-state index in [4.69, 9.17) is 0 Å². The molecule has 90 valence electrons. The molecule has 5 heteroatoms. The minimum atomic E-state index is -3.38. The molecule has 0 aliphatic carbocycles. The van der Waals surface area contributed by atoms with Crippen LogP contribution in [0.1, 0.15) is 26.7 Å². The van der Waals surface area contributed by atoms with E-state index in [0.29, 0.717) is 4.90 Å². The Labute approximate surface area is 105 Å². The fourth-order valence-corrected chi connectivity index (χ4v) is 3.33. The van der Waals surface area contributed by atoms with Crippen molar-refractivity contribution in [3.63, 3.8) is 0 Å². The fraction of sp³-hybridized carbons (Fsp3) is 0.455. The van der Waals surface area contributed by atoms with Crippen LogP contribution in [0.25, 0.3) is 0 Å².